The van der Waals surface area contributed by atoms with Gasteiger partial charge in [-0.25, -0.2) is 0 Å². The van der Waals surface area contributed by atoms with Gasteiger partial charge in [0.1, 0.15) is 5.75 Å². The van der Waals surface area contributed by atoms with Crippen molar-refractivity contribution in [3.8, 4) is 5.75 Å². The summed E-state index contributed by atoms with van der Waals surface area (Å²) < 4.78 is 6.22. The molecule has 0 aliphatic heterocycles. The van der Waals surface area contributed by atoms with Crippen molar-refractivity contribution in [3.05, 3.63) is 39.2 Å². The normalized spacial score (nSPS) is 13.6. The SMILES string of the molecule is [N-]=[N+]=NC(COc1cccc(Br)c1)C(O)CO. The lowest BCUT2D eigenvalue weighted by atomic mass is 10.2. The highest BCUT2D eigenvalue weighted by molar-refractivity contribution is 9.10. The first kappa shape index (κ1) is 13.8. The maximum absolute atomic E-state index is 9.38. The molecule has 0 aliphatic rings. The summed E-state index contributed by atoms with van der Waals surface area (Å²) in [6.45, 7) is -0.478. The van der Waals surface area contributed by atoms with E-state index in [2.05, 4.69) is 26.0 Å². The van der Waals surface area contributed by atoms with Crippen LogP contribution in [0.4, 0.5) is 0 Å². The fraction of sp³-hybridized carbons (Fsp3) is 0.400. The van der Waals surface area contributed by atoms with E-state index in [1.54, 1.807) is 18.2 Å². The number of benzene rings is 1. The minimum absolute atomic E-state index is 0.00222. The summed E-state index contributed by atoms with van der Waals surface area (Å²) in [4.78, 5) is 2.60. The van der Waals surface area contributed by atoms with Gasteiger partial charge < -0.3 is 14.9 Å². The van der Waals surface area contributed by atoms with Crippen LogP contribution in [-0.4, -0.2) is 35.6 Å². The third-order valence-electron chi connectivity index (χ3n) is 2.05. The molecule has 17 heavy (non-hydrogen) atoms. The Morgan fingerprint density at radius 3 is 2.88 bits per heavy atom. The van der Waals surface area contributed by atoms with Gasteiger partial charge in [0.15, 0.2) is 0 Å². The number of aliphatic hydroxyl groups excluding tert-OH is 2. The third-order valence-corrected chi connectivity index (χ3v) is 2.54. The fourth-order valence-corrected chi connectivity index (χ4v) is 1.53. The quantitative estimate of drug-likeness (QED) is 0.476. The first-order chi connectivity index (χ1) is 8.17. The highest BCUT2D eigenvalue weighted by Gasteiger charge is 2.17. The summed E-state index contributed by atoms with van der Waals surface area (Å²) >= 11 is 3.29. The maximum atomic E-state index is 9.38. The maximum Gasteiger partial charge on any atom is 0.120 e. The van der Waals surface area contributed by atoms with E-state index >= 15 is 0 Å². The first-order valence-electron chi connectivity index (χ1n) is 4.89. The Bertz CT molecular complexity index is 410. The Kier molecular flexibility index (Phi) is 5.79. The summed E-state index contributed by atoms with van der Waals surface area (Å²) in [6, 6.07) is 6.32. The topological polar surface area (TPSA) is 98.5 Å². The van der Waals surface area contributed by atoms with Crippen molar-refractivity contribution < 1.29 is 14.9 Å². The molecule has 0 bridgehead atoms. The molecule has 0 aromatic heterocycles. The Morgan fingerprint density at radius 2 is 2.29 bits per heavy atom. The number of halogens is 1. The Morgan fingerprint density at radius 1 is 1.53 bits per heavy atom. The summed E-state index contributed by atoms with van der Waals surface area (Å²) in [5.74, 6) is 0.586. The number of aliphatic hydroxyl groups is 2. The summed E-state index contributed by atoms with van der Waals surface area (Å²) in [5.41, 5.74) is 8.32. The first-order valence-corrected chi connectivity index (χ1v) is 5.68. The van der Waals surface area contributed by atoms with Crippen LogP contribution >= 0.6 is 15.9 Å². The van der Waals surface area contributed by atoms with E-state index in [1.807, 2.05) is 6.07 Å². The minimum atomic E-state index is -1.13. The lowest BCUT2D eigenvalue weighted by Crippen LogP contribution is -2.32. The molecule has 0 fully saturated rings. The van der Waals surface area contributed by atoms with E-state index in [1.165, 1.54) is 0 Å². The van der Waals surface area contributed by atoms with Crippen molar-refractivity contribution in [2.75, 3.05) is 13.2 Å². The van der Waals surface area contributed by atoms with Crippen molar-refractivity contribution in [2.45, 2.75) is 12.1 Å². The van der Waals surface area contributed by atoms with Crippen LogP contribution in [0.3, 0.4) is 0 Å². The van der Waals surface area contributed by atoms with Gasteiger partial charge in [0, 0.05) is 9.38 Å². The zero-order valence-electron chi connectivity index (χ0n) is 8.90. The minimum Gasteiger partial charge on any atom is -0.493 e. The standard InChI is InChI=1S/C10H12BrN3O3/c11-7-2-1-3-8(4-7)17-6-9(13-14-12)10(16)5-15/h1-4,9-10,15-16H,5-6H2. The van der Waals surface area contributed by atoms with Crippen LogP contribution in [-0.2, 0) is 0 Å². The predicted octanol–water partition coefficient (Wildman–Crippen LogP) is 1.86. The lowest BCUT2D eigenvalue weighted by molar-refractivity contribution is 0.0589. The molecule has 1 aromatic rings. The van der Waals surface area contributed by atoms with Gasteiger partial charge in [0.25, 0.3) is 0 Å². The number of ether oxygens (including phenoxy) is 1. The zero-order chi connectivity index (χ0) is 12.7. The van der Waals surface area contributed by atoms with Crippen molar-refractivity contribution in [2.24, 2.45) is 5.11 Å². The van der Waals surface area contributed by atoms with Crippen LogP contribution in [0.2, 0.25) is 0 Å². The highest BCUT2D eigenvalue weighted by atomic mass is 79.9. The fourth-order valence-electron chi connectivity index (χ4n) is 1.15. The van der Waals surface area contributed by atoms with E-state index in [0.29, 0.717) is 5.75 Å². The average Bonchev–Trinajstić information content (AvgIpc) is 2.33. The van der Waals surface area contributed by atoms with Crippen LogP contribution < -0.4 is 4.74 Å². The molecule has 2 atom stereocenters. The van der Waals surface area contributed by atoms with Crippen molar-refractivity contribution in [1.82, 2.24) is 0 Å². The van der Waals surface area contributed by atoms with Crippen LogP contribution in [0.5, 0.6) is 5.75 Å². The van der Waals surface area contributed by atoms with Crippen LogP contribution in [0.25, 0.3) is 10.4 Å². The van der Waals surface area contributed by atoms with Gasteiger partial charge in [-0.2, -0.15) is 0 Å². The van der Waals surface area contributed by atoms with Crippen molar-refractivity contribution in [3.63, 3.8) is 0 Å². The third kappa shape index (κ3) is 4.62. The van der Waals surface area contributed by atoms with Crippen LogP contribution in [0, 0.1) is 0 Å². The monoisotopic (exact) mass is 301 g/mol. The van der Waals surface area contributed by atoms with Crippen LogP contribution in [0.1, 0.15) is 0 Å². The molecule has 0 saturated heterocycles. The molecule has 0 radical (unpaired) electrons. The molecule has 0 saturated carbocycles. The molecule has 6 nitrogen and oxygen atoms in total. The number of azide groups is 1. The summed E-state index contributed by atoms with van der Waals surface area (Å²) in [7, 11) is 0. The van der Waals surface area contributed by atoms with Gasteiger partial charge in [-0.3, -0.25) is 0 Å². The summed E-state index contributed by atoms with van der Waals surface area (Å²) in [5, 5.41) is 21.5. The molecule has 1 rings (SSSR count). The molecular weight excluding hydrogens is 290 g/mol. The molecule has 0 spiro atoms. The van der Waals surface area contributed by atoms with E-state index in [-0.39, 0.29) is 6.61 Å². The number of rotatable bonds is 6. The second-order valence-electron chi connectivity index (χ2n) is 3.29. The molecule has 2 N–H and O–H groups in total. The molecule has 0 heterocycles. The Labute approximate surface area is 107 Å². The van der Waals surface area contributed by atoms with Crippen molar-refractivity contribution >= 4 is 15.9 Å². The average molecular weight is 302 g/mol. The number of hydrogen-bond acceptors (Lipinski definition) is 4. The van der Waals surface area contributed by atoms with Gasteiger partial charge in [-0.1, -0.05) is 27.1 Å². The van der Waals surface area contributed by atoms with Crippen molar-refractivity contribution in [1.29, 1.82) is 0 Å². The molecule has 0 amide bonds. The van der Waals surface area contributed by atoms with E-state index < -0.39 is 18.8 Å². The lowest BCUT2D eigenvalue weighted by Gasteiger charge is -2.16. The Balaban J connectivity index is 2.60. The Hall–Kier alpha value is -1.27. The highest BCUT2D eigenvalue weighted by Crippen LogP contribution is 2.18. The molecule has 7 heteroatoms. The largest absolute Gasteiger partial charge is 0.493 e. The predicted molar refractivity (Wildman–Crippen MR) is 65.7 cm³/mol. The second-order valence-corrected chi connectivity index (χ2v) is 4.21. The van der Waals surface area contributed by atoms with Crippen LogP contribution in [0.15, 0.2) is 33.9 Å². The van der Waals surface area contributed by atoms with Gasteiger partial charge in [0.2, 0.25) is 0 Å². The summed E-state index contributed by atoms with van der Waals surface area (Å²) in [6.07, 6.45) is -1.13. The second kappa shape index (κ2) is 7.13. The van der Waals surface area contributed by atoms with Gasteiger partial charge >= 0.3 is 0 Å². The van der Waals surface area contributed by atoms with Gasteiger partial charge in [-0.05, 0) is 23.7 Å². The van der Waals surface area contributed by atoms with Gasteiger partial charge in [0.05, 0.1) is 25.4 Å². The number of hydrogen-bond donors (Lipinski definition) is 2. The number of nitrogens with zero attached hydrogens (tertiary/aromatic N) is 3. The van der Waals surface area contributed by atoms with E-state index in [4.69, 9.17) is 15.4 Å². The smallest absolute Gasteiger partial charge is 0.120 e. The van der Waals surface area contributed by atoms with Gasteiger partial charge in [-0.15, -0.1) is 0 Å². The molecule has 2 unspecified atom stereocenters. The molecule has 0 aliphatic carbocycles. The molecule has 1 aromatic carbocycles. The molecular formula is C10H12BrN3O3. The molecule has 92 valence electrons. The zero-order valence-corrected chi connectivity index (χ0v) is 10.5. The van der Waals surface area contributed by atoms with E-state index in [9.17, 15) is 5.11 Å². The van der Waals surface area contributed by atoms with E-state index in [0.717, 1.165) is 4.47 Å².